The Morgan fingerprint density at radius 1 is 0.500 bits per heavy atom. The number of thiophene rings is 1. The number of carbonyl (C=O) groups excluding carboxylic acids is 2. The van der Waals surface area contributed by atoms with Crippen LogP contribution in [-0.4, -0.2) is 20.9 Å². The molecule has 52 heavy (non-hydrogen) atoms. The third kappa shape index (κ3) is 3.76. The molecule has 0 radical (unpaired) electrons. The third-order valence-corrected chi connectivity index (χ3v) is 11.6. The van der Waals surface area contributed by atoms with Crippen LogP contribution in [0.5, 0.6) is 0 Å². The zero-order valence-corrected chi connectivity index (χ0v) is 28.2. The molecule has 0 unspecified atom stereocenters. The second-order valence-corrected chi connectivity index (χ2v) is 14.2. The van der Waals surface area contributed by atoms with E-state index >= 15 is 0 Å². The first-order chi connectivity index (χ1) is 25.6. The van der Waals surface area contributed by atoms with Gasteiger partial charge in [-0.1, -0.05) is 72.8 Å². The van der Waals surface area contributed by atoms with Crippen LogP contribution in [0, 0.1) is 11.3 Å². The fraction of sp³-hybridized carbons (Fsp3) is 0. The van der Waals surface area contributed by atoms with E-state index in [9.17, 15) is 14.9 Å². The molecule has 11 rings (SSSR count). The molecule has 242 valence electrons. The average molecular weight is 685 g/mol. The number of aromatic nitrogens is 2. The molecule has 7 heteroatoms. The highest BCUT2D eigenvalue weighted by Gasteiger charge is 2.37. The molecule has 0 saturated heterocycles. The van der Waals surface area contributed by atoms with Gasteiger partial charge in [0.15, 0.2) is 0 Å². The number of para-hydroxylation sites is 2. The Morgan fingerprint density at radius 2 is 1.12 bits per heavy atom. The zero-order chi connectivity index (χ0) is 34.7. The highest BCUT2D eigenvalue weighted by molar-refractivity contribution is 7.25. The van der Waals surface area contributed by atoms with Gasteiger partial charge in [0.1, 0.15) is 6.07 Å². The molecule has 2 amide bonds. The lowest BCUT2D eigenvalue weighted by Gasteiger charge is -2.17. The quantitative estimate of drug-likeness (QED) is 0.174. The minimum Gasteiger partial charge on any atom is -0.309 e. The molecule has 10 aromatic rings. The summed E-state index contributed by atoms with van der Waals surface area (Å²) in [5, 5.41) is 17.4. The third-order valence-electron chi connectivity index (χ3n) is 10.5. The predicted octanol–water partition coefficient (Wildman–Crippen LogP) is 10.9. The summed E-state index contributed by atoms with van der Waals surface area (Å²) in [5.74, 6) is -0.852. The number of imide groups is 1. The van der Waals surface area contributed by atoms with E-state index in [1.807, 2.05) is 29.5 Å². The number of carbonyl (C=O) groups is 2. The second kappa shape index (κ2) is 10.5. The Kier molecular flexibility index (Phi) is 5.81. The molecular weight excluding hydrogens is 661 g/mol. The van der Waals surface area contributed by atoms with Crippen LogP contribution in [0.25, 0.3) is 75.2 Å². The van der Waals surface area contributed by atoms with Crippen LogP contribution in [0.2, 0.25) is 0 Å². The molecule has 6 nitrogen and oxygen atoms in total. The van der Waals surface area contributed by atoms with E-state index in [1.54, 1.807) is 36.4 Å². The van der Waals surface area contributed by atoms with E-state index in [2.05, 4.69) is 106 Å². The monoisotopic (exact) mass is 684 g/mol. The van der Waals surface area contributed by atoms with Gasteiger partial charge in [-0.15, -0.1) is 11.3 Å². The first-order valence-electron chi connectivity index (χ1n) is 17.0. The molecule has 0 aliphatic carbocycles. The van der Waals surface area contributed by atoms with Gasteiger partial charge in [0.05, 0.1) is 44.4 Å². The van der Waals surface area contributed by atoms with Crippen molar-refractivity contribution in [3.05, 3.63) is 162 Å². The lowest BCUT2D eigenvalue weighted by atomic mass is 10.1. The Bertz CT molecular complexity index is 3230. The van der Waals surface area contributed by atoms with Gasteiger partial charge in [-0.25, -0.2) is 4.90 Å². The van der Waals surface area contributed by atoms with Crippen LogP contribution in [0.4, 0.5) is 5.69 Å². The summed E-state index contributed by atoms with van der Waals surface area (Å²) in [4.78, 5) is 28.0. The van der Waals surface area contributed by atoms with Gasteiger partial charge in [0, 0.05) is 53.1 Å². The minimum atomic E-state index is -0.426. The van der Waals surface area contributed by atoms with Gasteiger partial charge >= 0.3 is 0 Å². The summed E-state index contributed by atoms with van der Waals surface area (Å²) in [6.45, 7) is 0. The maximum atomic E-state index is 13.4. The maximum Gasteiger partial charge on any atom is 0.266 e. The van der Waals surface area contributed by atoms with Crippen molar-refractivity contribution in [1.82, 2.24) is 9.13 Å². The summed E-state index contributed by atoms with van der Waals surface area (Å²) in [7, 11) is 0. The summed E-state index contributed by atoms with van der Waals surface area (Å²) >= 11 is 1.81. The number of hydrogen-bond acceptors (Lipinski definition) is 4. The van der Waals surface area contributed by atoms with Crippen LogP contribution in [0.3, 0.4) is 0 Å². The molecule has 0 atom stereocenters. The average Bonchev–Trinajstić information content (AvgIpc) is 3.91. The van der Waals surface area contributed by atoms with Crippen molar-refractivity contribution in [3.8, 4) is 17.4 Å². The predicted molar refractivity (Wildman–Crippen MR) is 210 cm³/mol. The molecule has 7 aromatic carbocycles. The molecule has 3 aromatic heterocycles. The first kappa shape index (κ1) is 28.8. The van der Waals surface area contributed by atoms with Crippen molar-refractivity contribution in [2.75, 3.05) is 4.90 Å². The Morgan fingerprint density at radius 3 is 1.88 bits per heavy atom. The Labute approximate surface area is 300 Å². The van der Waals surface area contributed by atoms with Crippen LogP contribution in [0.1, 0.15) is 26.3 Å². The molecule has 0 saturated carbocycles. The smallest absolute Gasteiger partial charge is 0.266 e. The van der Waals surface area contributed by atoms with Crippen molar-refractivity contribution in [2.24, 2.45) is 0 Å². The van der Waals surface area contributed by atoms with Crippen LogP contribution < -0.4 is 4.90 Å². The number of nitriles is 1. The van der Waals surface area contributed by atoms with Gasteiger partial charge in [0.25, 0.3) is 11.8 Å². The van der Waals surface area contributed by atoms with Crippen molar-refractivity contribution in [1.29, 1.82) is 5.26 Å². The van der Waals surface area contributed by atoms with Gasteiger partial charge in [-0.05, 0) is 72.8 Å². The van der Waals surface area contributed by atoms with Gasteiger partial charge < -0.3 is 9.13 Å². The standard InChI is InChI=1S/C45H24N4O2S/c46-25-26-23-27(17-20-36(26)49-44(50)32-11-1-2-12-33(32)45(49)51)48-37-14-6-3-9-29(37)31-19-21-39-42(43(31)48)34-13-4-7-15-38(34)47(39)28-18-22-41-35(24-28)30-10-5-8-16-40(30)52-41/h1-24H. The lowest BCUT2D eigenvalue weighted by Crippen LogP contribution is -2.30. The molecule has 0 spiro atoms. The molecule has 0 fully saturated rings. The van der Waals surface area contributed by atoms with E-state index in [0.717, 1.165) is 59.9 Å². The number of nitrogens with zero attached hydrogens (tertiary/aromatic N) is 4. The second-order valence-electron chi connectivity index (χ2n) is 13.1. The van der Waals surface area contributed by atoms with Crippen molar-refractivity contribution < 1.29 is 9.59 Å². The molecule has 1 aliphatic heterocycles. The SMILES string of the molecule is N#Cc1cc(-n2c3ccccc3c3ccc4c(c5ccccc5n4-c4ccc5sc6ccccc6c5c4)c32)ccc1N1C(=O)c2ccccc2C1=O. The van der Waals surface area contributed by atoms with E-state index < -0.39 is 11.8 Å². The molecular formula is C45H24N4O2S. The maximum absolute atomic E-state index is 13.4. The normalized spacial score (nSPS) is 13.0. The van der Waals surface area contributed by atoms with Gasteiger partial charge in [-0.2, -0.15) is 5.26 Å². The van der Waals surface area contributed by atoms with Crippen molar-refractivity contribution in [3.63, 3.8) is 0 Å². The van der Waals surface area contributed by atoms with Gasteiger partial charge in [0.2, 0.25) is 0 Å². The fourth-order valence-electron chi connectivity index (χ4n) is 8.26. The summed E-state index contributed by atoms with van der Waals surface area (Å²) in [5.41, 5.74) is 7.22. The van der Waals surface area contributed by atoms with Crippen LogP contribution >= 0.6 is 11.3 Å². The van der Waals surface area contributed by atoms with E-state index in [1.165, 1.54) is 20.2 Å². The van der Waals surface area contributed by atoms with Crippen molar-refractivity contribution in [2.45, 2.75) is 0 Å². The van der Waals surface area contributed by atoms with E-state index in [0.29, 0.717) is 11.1 Å². The highest BCUT2D eigenvalue weighted by atomic mass is 32.1. The van der Waals surface area contributed by atoms with Crippen molar-refractivity contribution >= 4 is 92.6 Å². The molecule has 0 N–H and O–H groups in total. The van der Waals surface area contributed by atoms with Gasteiger partial charge in [-0.3, -0.25) is 9.59 Å². The highest BCUT2D eigenvalue weighted by Crippen LogP contribution is 2.43. The number of fused-ring (bicyclic) bond motifs is 11. The lowest BCUT2D eigenvalue weighted by molar-refractivity contribution is 0.0926. The number of amides is 2. The van der Waals surface area contributed by atoms with E-state index in [4.69, 9.17) is 0 Å². The molecule has 1 aliphatic rings. The molecule has 4 heterocycles. The number of benzene rings is 7. The topological polar surface area (TPSA) is 71.0 Å². The summed E-state index contributed by atoms with van der Waals surface area (Å²) in [6.07, 6.45) is 0. The first-order valence-corrected chi connectivity index (χ1v) is 17.8. The number of rotatable bonds is 3. The Hall–Kier alpha value is -7.01. The van der Waals surface area contributed by atoms with Crippen LogP contribution in [-0.2, 0) is 0 Å². The minimum absolute atomic E-state index is 0.240. The number of anilines is 1. The Balaban J connectivity index is 1.19. The van der Waals surface area contributed by atoms with Crippen LogP contribution in [0.15, 0.2) is 146 Å². The number of hydrogen-bond donors (Lipinski definition) is 0. The fourth-order valence-corrected chi connectivity index (χ4v) is 9.35. The summed E-state index contributed by atoms with van der Waals surface area (Å²) in [6, 6.07) is 51.0. The molecule has 0 bridgehead atoms. The zero-order valence-electron chi connectivity index (χ0n) is 27.4. The van der Waals surface area contributed by atoms with E-state index in [-0.39, 0.29) is 11.3 Å². The summed E-state index contributed by atoms with van der Waals surface area (Å²) < 4.78 is 7.09. The largest absolute Gasteiger partial charge is 0.309 e.